The summed E-state index contributed by atoms with van der Waals surface area (Å²) in [6.07, 6.45) is 1.06. The molecule has 1 unspecified atom stereocenters. The van der Waals surface area contributed by atoms with Gasteiger partial charge in [0.25, 0.3) is 0 Å². The molecule has 0 aliphatic rings. The van der Waals surface area contributed by atoms with Gasteiger partial charge in [0.15, 0.2) is 11.9 Å². The fourth-order valence-electron chi connectivity index (χ4n) is 0.848. The number of carbonyl (C=O) groups is 1. The van der Waals surface area contributed by atoms with Crippen LogP contribution >= 0.6 is 11.6 Å². The van der Waals surface area contributed by atoms with Gasteiger partial charge < -0.3 is 4.74 Å². The Balaban J connectivity index is 2.76. The highest BCUT2D eigenvalue weighted by Crippen LogP contribution is 2.13. The molecule has 0 fully saturated rings. The summed E-state index contributed by atoms with van der Waals surface area (Å²) in [5.74, 6) is 0.0405. The predicted octanol–water partition coefficient (Wildman–Crippen LogP) is 1.75. The van der Waals surface area contributed by atoms with Crippen LogP contribution in [0, 0.1) is 0 Å². The van der Waals surface area contributed by atoms with Gasteiger partial charge in [0.2, 0.25) is 0 Å². The molecule has 4 nitrogen and oxygen atoms in total. The number of rotatable bonds is 2. The zero-order valence-corrected chi connectivity index (χ0v) is 8.08. The zero-order chi connectivity index (χ0) is 9.84. The SMILES string of the molecule is CC(=O)OC(C)c1nccc(Cl)n1. The smallest absolute Gasteiger partial charge is 0.303 e. The van der Waals surface area contributed by atoms with Crippen LogP contribution in [0.2, 0.25) is 5.15 Å². The molecule has 0 saturated heterocycles. The van der Waals surface area contributed by atoms with Gasteiger partial charge >= 0.3 is 5.97 Å². The van der Waals surface area contributed by atoms with E-state index in [0.717, 1.165) is 0 Å². The fourth-order valence-corrected chi connectivity index (χ4v) is 0.991. The van der Waals surface area contributed by atoms with Crippen molar-refractivity contribution in [3.05, 3.63) is 23.2 Å². The molecule has 0 bridgehead atoms. The quantitative estimate of drug-likeness (QED) is 0.539. The van der Waals surface area contributed by atoms with E-state index in [0.29, 0.717) is 11.0 Å². The molecule has 0 amide bonds. The number of ether oxygens (including phenoxy) is 1. The zero-order valence-electron chi connectivity index (χ0n) is 7.32. The Bertz CT molecular complexity index is 317. The van der Waals surface area contributed by atoms with Gasteiger partial charge in [-0.15, -0.1) is 0 Å². The van der Waals surface area contributed by atoms with Crippen molar-refractivity contribution < 1.29 is 9.53 Å². The van der Waals surface area contributed by atoms with Gasteiger partial charge in [0.05, 0.1) is 0 Å². The molecule has 0 saturated carbocycles. The third-order valence-corrected chi connectivity index (χ3v) is 1.56. The number of aromatic nitrogens is 2. The monoisotopic (exact) mass is 200 g/mol. The first kappa shape index (κ1) is 9.92. The highest BCUT2D eigenvalue weighted by Gasteiger charge is 2.11. The van der Waals surface area contributed by atoms with E-state index in [-0.39, 0.29) is 5.97 Å². The normalized spacial score (nSPS) is 12.2. The van der Waals surface area contributed by atoms with Crippen molar-refractivity contribution in [2.24, 2.45) is 0 Å². The number of hydrogen-bond donors (Lipinski definition) is 0. The molecule has 70 valence electrons. The minimum Gasteiger partial charge on any atom is -0.455 e. The van der Waals surface area contributed by atoms with Crippen molar-refractivity contribution in [3.8, 4) is 0 Å². The fraction of sp³-hybridized carbons (Fsp3) is 0.375. The maximum atomic E-state index is 10.6. The summed E-state index contributed by atoms with van der Waals surface area (Å²) in [6, 6.07) is 1.56. The molecule has 1 heterocycles. The third kappa shape index (κ3) is 2.99. The topological polar surface area (TPSA) is 52.1 Å². The molecule has 1 rings (SSSR count). The first-order valence-corrected chi connectivity index (χ1v) is 4.13. The molecule has 1 atom stereocenters. The Hall–Kier alpha value is -1.16. The van der Waals surface area contributed by atoms with Crippen LogP contribution in [0.15, 0.2) is 12.3 Å². The molecular formula is C8H9ClN2O2. The molecule has 0 aliphatic carbocycles. The first-order chi connectivity index (χ1) is 6.09. The van der Waals surface area contributed by atoms with Crippen molar-refractivity contribution in [1.29, 1.82) is 0 Å². The van der Waals surface area contributed by atoms with Gasteiger partial charge in [-0.3, -0.25) is 4.79 Å². The lowest BCUT2D eigenvalue weighted by Gasteiger charge is -2.09. The van der Waals surface area contributed by atoms with Crippen molar-refractivity contribution in [2.75, 3.05) is 0 Å². The average molecular weight is 201 g/mol. The maximum absolute atomic E-state index is 10.6. The third-order valence-electron chi connectivity index (χ3n) is 1.35. The van der Waals surface area contributed by atoms with E-state index in [1.54, 1.807) is 13.0 Å². The van der Waals surface area contributed by atoms with Crippen molar-refractivity contribution >= 4 is 17.6 Å². The van der Waals surface area contributed by atoms with E-state index in [9.17, 15) is 4.79 Å². The van der Waals surface area contributed by atoms with E-state index < -0.39 is 6.10 Å². The Morgan fingerprint density at radius 2 is 2.38 bits per heavy atom. The number of halogens is 1. The second-order valence-corrected chi connectivity index (χ2v) is 2.88. The Morgan fingerprint density at radius 3 is 2.92 bits per heavy atom. The molecule has 0 aromatic carbocycles. The molecule has 1 aromatic rings. The van der Waals surface area contributed by atoms with Crippen LogP contribution in [0.3, 0.4) is 0 Å². The summed E-state index contributed by atoms with van der Waals surface area (Å²) in [7, 11) is 0. The standard InChI is InChI=1S/C8H9ClN2O2/c1-5(13-6(2)12)8-10-4-3-7(9)11-8/h3-5H,1-2H3. The number of esters is 1. The van der Waals surface area contributed by atoms with E-state index in [2.05, 4.69) is 9.97 Å². The van der Waals surface area contributed by atoms with Gasteiger partial charge in [0.1, 0.15) is 5.15 Å². The van der Waals surface area contributed by atoms with Crippen molar-refractivity contribution in [2.45, 2.75) is 20.0 Å². The maximum Gasteiger partial charge on any atom is 0.303 e. The Morgan fingerprint density at radius 1 is 1.69 bits per heavy atom. The summed E-state index contributed by atoms with van der Waals surface area (Å²) in [6.45, 7) is 3.02. The molecular weight excluding hydrogens is 192 g/mol. The molecule has 13 heavy (non-hydrogen) atoms. The van der Waals surface area contributed by atoms with Gasteiger partial charge in [-0.25, -0.2) is 9.97 Å². The molecule has 1 aromatic heterocycles. The second-order valence-electron chi connectivity index (χ2n) is 2.49. The van der Waals surface area contributed by atoms with Crippen LogP contribution < -0.4 is 0 Å². The van der Waals surface area contributed by atoms with Gasteiger partial charge in [-0.1, -0.05) is 11.6 Å². The summed E-state index contributed by atoms with van der Waals surface area (Å²) in [5, 5.41) is 0.337. The van der Waals surface area contributed by atoms with Crippen LogP contribution in [-0.2, 0) is 9.53 Å². The van der Waals surface area contributed by atoms with Crippen LogP contribution in [0.1, 0.15) is 25.8 Å². The summed E-state index contributed by atoms with van der Waals surface area (Å²) >= 11 is 5.63. The van der Waals surface area contributed by atoms with Crippen molar-refractivity contribution in [1.82, 2.24) is 9.97 Å². The Kier molecular flexibility index (Phi) is 3.19. The lowest BCUT2D eigenvalue weighted by atomic mass is 10.4. The van der Waals surface area contributed by atoms with E-state index in [1.807, 2.05) is 0 Å². The Labute approximate surface area is 80.9 Å². The average Bonchev–Trinajstić information content (AvgIpc) is 2.03. The number of hydrogen-bond acceptors (Lipinski definition) is 4. The minimum absolute atomic E-state index is 0.337. The summed E-state index contributed by atoms with van der Waals surface area (Å²) in [4.78, 5) is 18.4. The van der Waals surface area contributed by atoms with Crippen LogP contribution in [0.25, 0.3) is 0 Å². The highest BCUT2D eigenvalue weighted by molar-refractivity contribution is 6.29. The molecule has 0 aliphatic heterocycles. The lowest BCUT2D eigenvalue weighted by molar-refractivity contribution is -0.146. The van der Waals surface area contributed by atoms with Gasteiger partial charge in [-0.05, 0) is 13.0 Å². The first-order valence-electron chi connectivity index (χ1n) is 3.75. The molecule has 0 radical (unpaired) electrons. The van der Waals surface area contributed by atoms with E-state index >= 15 is 0 Å². The highest BCUT2D eigenvalue weighted by atomic mass is 35.5. The summed E-state index contributed by atoms with van der Waals surface area (Å²) < 4.78 is 4.87. The molecule has 0 spiro atoms. The van der Waals surface area contributed by atoms with Crippen LogP contribution in [0.5, 0.6) is 0 Å². The summed E-state index contributed by atoms with van der Waals surface area (Å²) in [5.41, 5.74) is 0. The number of nitrogens with zero attached hydrogens (tertiary/aromatic N) is 2. The molecule has 0 N–H and O–H groups in total. The molecule has 5 heteroatoms. The minimum atomic E-state index is -0.462. The van der Waals surface area contributed by atoms with Gasteiger partial charge in [-0.2, -0.15) is 0 Å². The largest absolute Gasteiger partial charge is 0.455 e. The van der Waals surface area contributed by atoms with Crippen molar-refractivity contribution in [3.63, 3.8) is 0 Å². The number of carbonyl (C=O) groups excluding carboxylic acids is 1. The predicted molar refractivity (Wildman–Crippen MR) is 47.2 cm³/mol. The van der Waals surface area contributed by atoms with E-state index in [4.69, 9.17) is 16.3 Å². The second kappa shape index (κ2) is 4.18. The van der Waals surface area contributed by atoms with Gasteiger partial charge in [0, 0.05) is 13.1 Å². The van der Waals surface area contributed by atoms with Crippen LogP contribution in [0.4, 0.5) is 0 Å². The van der Waals surface area contributed by atoms with E-state index in [1.165, 1.54) is 13.1 Å². The van der Waals surface area contributed by atoms with Crippen LogP contribution in [-0.4, -0.2) is 15.9 Å². The lowest BCUT2D eigenvalue weighted by Crippen LogP contribution is -2.08.